The molecule has 1 aromatic carbocycles. The Balaban J connectivity index is 2.54. The molecule has 1 aromatic rings. The van der Waals surface area contributed by atoms with Gasteiger partial charge in [0, 0.05) is 0 Å². The maximum Gasteiger partial charge on any atom is 0.0995 e. The molecule has 2 nitrogen and oxygen atoms in total. The van der Waals surface area contributed by atoms with Crippen LogP contribution >= 0.6 is 0 Å². The molecule has 0 aliphatic rings. The lowest BCUT2D eigenvalue weighted by atomic mass is 10.1. The molecule has 0 heterocycles. The molecule has 0 aromatic heterocycles. The Bertz CT molecular complexity index is 350. The average Bonchev–Trinajstić information content (AvgIpc) is 2.25. The number of hydrogen-bond acceptors (Lipinski definition) is 2. The molecule has 0 N–H and O–H groups in total. The van der Waals surface area contributed by atoms with E-state index in [0.717, 1.165) is 5.56 Å². The van der Waals surface area contributed by atoms with Gasteiger partial charge in [-0.3, -0.25) is 0 Å². The van der Waals surface area contributed by atoms with Crippen LogP contribution in [0.25, 0.3) is 0 Å². The first-order valence-corrected chi connectivity index (χ1v) is 4.55. The lowest BCUT2D eigenvalue weighted by molar-refractivity contribution is 0.148. The van der Waals surface area contributed by atoms with Crippen molar-refractivity contribution in [3.63, 3.8) is 0 Å². The minimum atomic E-state index is 0.494. The molecular formula is C12H13NO. The van der Waals surface area contributed by atoms with Crippen molar-refractivity contribution in [2.75, 3.05) is 6.61 Å². The Labute approximate surface area is 84.4 Å². The number of benzene rings is 1. The second-order valence-corrected chi connectivity index (χ2v) is 2.85. The molecule has 0 amide bonds. The predicted octanol–water partition coefficient (Wildman–Crippen LogP) is 2.65. The summed E-state index contributed by atoms with van der Waals surface area (Å²) in [5.41, 5.74) is 1.63. The second kappa shape index (κ2) is 5.95. The molecule has 2 heteroatoms. The van der Waals surface area contributed by atoms with Crippen molar-refractivity contribution in [2.45, 2.75) is 13.5 Å². The summed E-state index contributed by atoms with van der Waals surface area (Å²) in [6, 6.07) is 9.62. The lowest BCUT2D eigenvalue weighted by Gasteiger charge is -2.02. The van der Waals surface area contributed by atoms with E-state index in [1.807, 2.05) is 37.3 Å². The van der Waals surface area contributed by atoms with E-state index in [9.17, 15) is 0 Å². The Hall–Kier alpha value is -1.59. The number of allylic oxidation sites excluding steroid dienone is 1. The fourth-order valence-electron chi connectivity index (χ4n) is 1.09. The zero-order valence-corrected chi connectivity index (χ0v) is 8.23. The van der Waals surface area contributed by atoms with Crippen molar-refractivity contribution in [1.82, 2.24) is 0 Å². The van der Waals surface area contributed by atoms with Gasteiger partial charge in [-0.2, -0.15) is 5.26 Å². The molecule has 0 saturated heterocycles. The summed E-state index contributed by atoms with van der Waals surface area (Å²) in [6.45, 7) is 3.04. The van der Waals surface area contributed by atoms with Crippen molar-refractivity contribution in [2.24, 2.45) is 0 Å². The third kappa shape index (κ3) is 3.04. The van der Waals surface area contributed by atoms with E-state index in [1.165, 1.54) is 0 Å². The molecule has 14 heavy (non-hydrogen) atoms. The number of nitriles is 1. The number of ether oxygens (including phenoxy) is 1. The molecule has 0 aliphatic carbocycles. The van der Waals surface area contributed by atoms with Gasteiger partial charge in [0.25, 0.3) is 0 Å². The van der Waals surface area contributed by atoms with Crippen LogP contribution in [0.1, 0.15) is 18.1 Å². The molecular weight excluding hydrogens is 174 g/mol. The van der Waals surface area contributed by atoms with Crippen LogP contribution < -0.4 is 0 Å². The second-order valence-electron chi connectivity index (χ2n) is 2.85. The van der Waals surface area contributed by atoms with Crippen LogP contribution in [0.5, 0.6) is 0 Å². The maximum atomic E-state index is 8.80. The van der Waals surface area contributed by atoms with Gasteiger partial charge in [0.15, 0.2) is 0 Å². The minimum Gasteiger partial charge on any atom is -0.373 e. The lowest BCUT2D eigenvalue weighted by Crippen LogP contribution is -1.95. The molecule has 0 spiro atoms. The maximum absolute atomic E-state index is 8.80. The zero-order valence-electron chi connectivity index (χ0n) is 8.23. The summed E-state index contributed by atoms with van der Waals surface area (Å²) in [5.74, 6) is 0. The van der Waals surface area contributed by atoms with Gasteiger partial charge in [-0.1, -0.05) is 30.4 Å². The fourth-order valence-corrected chi connectivity index (χ4v) is 1.09. The molecule has 0 aliphatic heterocycles. The third-order valence-corrected chi connectivity index (χ3v) is 1.85. The standard InChI is InChI=1S/C12H13NO/c1-2-3-8-14-10-12-7-5-4-6-11(12)9-13/h2-7H,8,10H2,1H3. The van der Waals surface area contributed by atoms with E-state index in [-0.39, 0.29) is 0 Å². The van der Waals surface area contributed by atoms with Crippen LogP contribution in [-0.4, -0.2) is 6.61 Å². The third-order valence-electron chi connectivity index (χ3n) is 1.85. The van der Waals surface area contributed by atoms with E-state index in [4.69, 9.17) is 10.00 Å². The van der Waals surface area contributed by atoms with Crippen molar-refractivity contribution in [1.29, 1.82) is 5.26 Å². The summed E-state index contributed by atoms with van der Waals surface area (Å²) >= 11 is 0. The summed E-state index contributed by atoms with van der Waals surface area (Å²) in [7, 11) is 0. The largest absolute Gasteiger partial charge is 0.373 e. The molecule has 0 saturated carbocycles. The van der Waals surface area contributed by atoms with Crippen LogP contribution in [0.3, 0.4) is 0 Å². The van der Waals surface area contributed by atoms with Gasteiger partial charge in [0.1, 0.15) is 0 Å². The first kappa shape index (κ1) is 10.5. The summed E-state index contributed by atoms with van der Waals surface area (Å²) in [5, 5.41) is 8.80. The number of rotatable bonds is 4. The van der Waals surface area contributed by atoms with Gasteiger partial charge >= 0.3 is 0 Å². The molecule has 1 rings (SSSR count). The molecule has 0 radical (unpaired) electrons. The fraction of sp³-hybridized carbons (Fsp3) is 0.250. The van der Waals surface area contributed by atoms with Gasteiger partial charge in [0.05, 0.1) is 24.8 Å². The van der Waals surface area contributed by atoms with Crippen molar-refractivity contribution in [3.8, 4) is 6.07 Å². The van der Waals surface area contributed by atoms with E-state index >= 15 is 0 Å². The molecule has 0 bridgehead atoms. The SMILES string of the molecule is CC=CCOCc1ccccc1C#N. The van der Waals surface area contributed by atoms with Crippen molar-refractivity contribution in [3.05, 3.63) is 47.5 Å². The van der Waals surface area contributed by atoms with Crippen LogP contribution in [-0.2, 0) is 11.3 Å². The van der Waals surface area contributed by atoms with Gasteiger partial charge in [-0.25, -0.2) is 0 Å². The smallest absolute Gasteiger partial charge is 0.0995 e. The summed E-state index contributed by atoms with van der Waals surface area (Å²) < 4.78 is 5.36. The normalized spacial score (nSPS) is 10.3. The van der Waals surface area contributed by atoms with E-state index in [2.05, 4.69) is 6.07 Å². The quantitative estimate of drug-likeness (QED) is 0.536. The van der Waals surface area contributed by atoms with Crippen molar-refractivity contribution >= 4 is 0 Å². The van der Waals surface area contributed by atoms with Crippen LogP contribution in [0.2, 0.25) is 0 Å². The molecule has 0 atom stereocenters. The van der Waals surface area contributed by atoms with E-state index < -0.39 is 0 Å². The van der Waals surface area contributed by atoms with Crippen LogP contribution in [0.15, 0.2) is 36.4 Å². The molecule has 72 valence electrons. The monoisotopic (exact) mass is 187 g/mol. The Kier molecular flexibility index (Phi) is 4.46. The van der Waals surface area contributed by atoms with Gasteiger partial charge < -0.3 is 4.74 Å². The molecule has 0 unspecified atom stereocenters. The summed E-state index contributed by atoms with van der Waals surface area (Å²) in [4.78, 5) is 0. The highest BCUT2D eigenvalue weighted by molar-refractivity contribution is 5.36. The highest BCUT2D eigenvalue weighted by Gasteiger charge is 1.98. The predicted molar refractivity (Wildman–Crippen MR) is 55.6 cm³/mol. The zero-order chi connectivity index (χ0) is 10.2. The number of hydrogen-bond donors (Lipinski definition) is 0. The molecule has 0 fully saturated rings. The van der Waals surface area contributed by atoms with Crippen molar-refractivity contribution < 1.29 is 4.74 Å². The average molecular weight is 187 g/mol. The Morgan fingerprint density at radius 1 is 1.43 bits per heavy atom. The number of nitrogens with zero attached hydrogens (tertiary/aromatic N) is 1. The minimum absolute atomic E-state index is 0.494. The van der Waals surface area contributed by atoms with Gasteiger partial charge in [-0.15, -0.1) is 0 Å². The summed E-state index contributed by atoms with van der Waals surface area (Å²) in [6.07, 6.45) is 3.88. The highest BCUT2D eigenvalue weighted by Crippen LogP contribution is 2.08. The topological polar surface area (TPSA) is 33.0 Å². The first-order chi connectivity index (χ1) is 6.88. The van der Waals surface area contributed by atoms with Crippen LogP contribution in [0, 0.1) is 11.3 Å². The Morgan fingerprint density at radius 2 is 2.21 bits per heavy atom. The van der Waals surface area contributed by atoms with E-state index in [0.29, 0.717) is 18.8 Å². The van der Waals surface area contributed by atoms with Crippen LogP contribution in [0.4, 0.5) is 0 Å². The Morgan fingerprint density at radius 3 is 2.93 bits per heavy atom. The highest BCUT2D eigenvalue weighted by atomic mass is 16.5. The van der Waals surface area contributed by atoms with Gasteiger partial charge in [-0.05, 0) is 18.6 Å². The van der Waals surface area contributed by atoms with Gasteiger partial charge in [0.2, 0.25) is 0 Å². The first-order valence-electron chi connectivity index (χ1n) is 4.55. The van der Waals surface area contributed by atoms with E-state index in [1.54, 1.807) is 6.07 Å².